The van der Waals surface area contributed by atoms with Crippen molar-refractivity contribution in [3.05, 3.63) is 0 Å². The van der Waals surface area contributed by atoms with Gasteiger partial charge in [-0.3, -0.25) is 0 Å². The molecule has 0 radical (unpaired) electrons. The van der Waals surface area contributed by atoms with Crippen LogP contribution in [-0.2, 0) is 4.74 Å². The van der Waals surface area contributed by atoms with E-state index < -0.39 is 0 Å². The quantitative estimate of drug-likeness (QED) is 0.699. The zero-order valence-electron chi connectivity index (χ0n) is 11.7. The summed E-state index contributed by atoms with van der Waals surface area (Å²) >= 11 is 0. The van der Waals surface area contributed by atoms with Crippen molar-refractivity contribution in [3.63, 3.8) is 0 Å². The van der Waals surface area contributed by atoms with E-state index in [0.717, 1.165) is 18.4 Å². The Bertz CT molecular complexity index is 231. The maximum absolute atomic E-state index is 9.88. The van der Waals surface area contributed by atoms with Crippen LogP contribution < -0.4 is 5.32 Å². The van der Waals surface area contributed by atoms with Crippen molar-refractivity contribution in [2.75, 3.05) is 19.8 Å². The van der Waals surface area contributed by atoms with Crippen LogP contribution in [0.3, 0.4) is 0 Å². The van der Waals surface area contributed by atoms with Crippen LogP contribution in [0.25, 0.3) is 0 Å². The van der Waals surface area contributed by atoms with Gasteiger partial charge in [0.15, 0.2) is 0 Å². The van der Waals surface area contributed by atoms with Crippen LogP contribution in [0.2, 0.25) is 0 Å². The molecule has 3 unspecified atom stereocenters. The first-order valence-corrected chi connectivity index (χ1v) is 7.78. The monoisotopic (exact) mass is 255 g/mol. The molecule has 0 heterocycles. The highest BCUT2D eigenvalue weighted by atomic mass is 16.5. The predicted octanol–water partition coefficient (Wildman–Crippen LogP) is 2.33. The van der Waals surface area contributed by atoms with Crippen molar-refractivity contribution in [2.24, 2.45) is 11.8 Å². The first kappa shape index (κ1) is 14.3. The second kappa shape index (κ2) is 7.46. The Kier molecular flexibility index (Phi) is 5.93. The number of rotatable bonds is 8. The first-order valence-electron chi connectivity index (χ1n) is 7.78. The summed E-state index contributed by atoms with van der Waals surface area (Å²) in [6, 6.07) is 0.613. The molecule has 0 bridgehead atoms. The molecule has 18 heavy (non-hydrogen) atoms. The van der Waals surface area contributed by atoms with Gasteiger partial charge in [0, 0.05) is 19.2 Å². The van der Waals surface area contributed by atoms with Gasteiger partial charge in [-0.05, 0) is 37.5 Å². The first-order chi connectivity index (χ1) is 8.79. The largest absolute Gasteiger partial charge is 0.389 e. The highest BCUT2D eigenvalue weighted by Gasteiger charge is 2.24. The molecule has 2 fully saturated rings. The zero-order chi connectivity index (χ0) is 12.8. The van der Waals surface area contributed by atoms with Gasteiger partial charge in [0.1, 0.15) is 0 Å². The predicted molar refractivity (Wildman–Crippen MR) is 73.6 cm³/mol. The fourth-order valence-electron chi connectivity index (χ4n) is 2.97. The van der Waals surface area contributed by atoms with Crippen LogP contribution in [0.5, 0.6) is 0 Å². The number of hydrogen-bond donors (Lipinski definition) is 2. The van der Waals surface area contributed by atoms with Crippen LogP contribution in [-0.4, -0.2) is 37.0 Å². The lowest BCUT2D eigenvalue weighted by molar-refractivity contribution is 0.0293. The second-order valence-electron chi connectivity index (χ2n) is 6.10. The van der Waals surface area contributed by atoms with Crippen molar-refractivity contribution in [1.29, 1.82) is 0 Å². The molecule has 2 aliphatic rings. The molecule has 0 aromatic heterocycles. The molecule has 0 aromatic carbocycles. The Labute approximate surface area is 111 Å². The molecule has 2 aliphatic carbocycles. The number of hydrogen-bond acceptors (Lipinski definition) is 3. The van der Waals surface area contributed by atoms with Crippen molar-refractivity contribution >= 4 is 0 Å². The molecule has 2 rings (SSSR count). The molecule has 0 saturated heterocycles. The third kappa shape index (κ3) is 4.87. The highest BCUT2D eigenvalue weighted by molar-refractivity contribution is 4.81. The molecule has 0 amide bonds. The minimum atomic E-state index is -0.344. The summed E-state index contributed by atoms with van der Waals surface area (Å²) in [6.07, 6.45) is 8.88. The third-order valence-corrected chi connectivity index (χ3v) is 4.41. The van der Waals surface area contributed by atoms with Gasteiger partial charge in [-0.1, -0.05) is 26.2 Å². The summed E-state index contributed by atoms with van der Waals surface area (Å²) in [5.74, 6) is 1.59. The maximum Gasteiger partial charge on any atom is 0.0897 e. The molecular weight excluding hydrogens is 226 g/mol. The Morgan fingerprint density at radius 1 is 1.22 bits per heavy atom. The summed E-state index contributed by atoms with van der Waals surface area (Å²) in [5, 5.41) is 13.4. The molecule has 2 saturated carbocycles. The minimum Gasteiger partial charge on any atom is -0.389 e. The van der Waals surface area contributed by atoms with E-state index in [4.69, 9.17) is 4.74 Å². The molecular formula is C15H29NO2. The number of aliphatic hydroxyl groups excluding tert-OH is 1. The van der Waals surface area contributed by atoms with Crippen molar-refractivity contribution in [1.82, 2.24) is 5.32 Å². The van der Waals surface area contributed by atoms with Crippen LogP contribution >= 0.6 is 0 Å². The highest BCUT2D eigenvalue weighted by Crippen LogP contribution is 2.29. The van der Waals surface area contributed by atoms with Gasteiger partial charge in [0.25, 0.3) is 0 Å². The van der Waals surface area contributed by atoms with E-state index in [1.807, 2.05) is 0 Å². The molecule has 0 spiro atoms. The van der Waals surface area contributed by atoms with Gasteiger partial charge >= 0.3 is 0 Å². The molecule has 3 heteroatoms. The third-order valence-electron chi connectivity index (χ3n) is 4.41. The smallest absolute Gasteiger partial charge is 0.0897 e. The molecule has 0 aliphatic heterocycles. The summed E-state index contributed by atoms with van der Waals surface area (Å²) in [5.41, 5.74) is 0. The Morgan fingerprint density at radius 3 is 2.72 bits per heavy atom. The maximum atomic E-state index is 9.88. The Hall–Kier alpha value is -0.120. The Morgan fingerprint density at radius 2 is 2.00 bits per heavy atom. The van der Waals surface area contributed by atoms with E-state index in [9.17, 15) is 5.11 Å². The lowest BCUT2D eigenvalue weighted by Gasteiger charge is -2.32. The van der Waals surface area contributed by atoms with Gasteiger partial charge in [0.05, 0.1) is 12.7 Å². The summed E-state index contributed by atoms with van der Waals surface area (Å²) in [6.45, 7) is 4.30. The van der Waals surface area contributed by atoms with E-state index in [0.29, 0.717) is 19.2 Å². The average Bonchev–Trinajstić information content (AvgIpc) is 3.21. The lowest BCUT2D eigenvalue weighted by Crippen LogP contribution is -2.43. The average molecular weight is 255 g/mol. The standard InChI is InChI=1S/C15H29NO2/c1-2-13-5-3-4-6-15(13)16-9-14(17)11-18-10-12-7-8-12/h12-17H,2-11H2,1H3. The second-order valence-corrected chi connectivity index (χ2v) is 6.10. The van der Waals surface area contributed by atoms with E-state index in [1.54, 1.807) is 0 Å². The van der Waals surface area contributed by atoms with Gasteiger partial charge in [0.2, 0.25) is 0 Å². The number of ether oxygens (including phenoxy) is 1. The SMILES string of the molecule is CCC1CCCCC1NCC(O)COCC1CC1. The number of aliphatic hydroxyl groups is 1. The summed E-state index contributed by atoms with van der Waals surface area (Å²) in [4.78, 5) is 0. The van der Waals surface area contributed by atoms with Crippen LogP contribution in [0.1, 0.15) is 51.9 Å². The van der Waals surface area contributed by atoms with Crippen LogP contribution in [0.4, 0.5) is 0 Å². The molecule has 2 N–H and O–H groups in total. The van der Waals surface area contributed by atoms with Gasteiger partial charge in [-0.15, -0.1) is 0 Å². The van der Waals surface area contributed by atoms with Gasteiger partial charge in [-0.25, -0.2) is 0 Å². The molecule has 106 valence electrons. The topological polar surface area (TPSA) is 41.5 Å². The molecule has 3 atom stereocenters. The van der Waals surface area contributed by atoms with E-state index in [-0.39, 0.29) is 6.10 Å². The van der Waals surface area contributed by atoms with E-state index >= 15 is 0 Å². The van der Waals surface area contributed by atoms with Crippen molar-refractivity contribution in [3.8, 4) is 0 Å². The summed E-state index contributed by atoms with van der Waals surface area (Å²) in [7, 11) is 0. The number of nitrogens with one attached hydrogen (secondary N) is 1. The van der Waals surface area contributed by atoms with Crippen molar-refractivity contribution < 1.29 is 9.84 Å². The van der Waals surface area contributed by atoms with Gasteiger partial charge < -0.3 is 15.2 Å². The van der Waals surface area contributed by atoms with Crippen LogP contribution in [0.15, 0.2) is 0 Å². The fraction of sp³-hybridized carbons (Fsp3) is 1.00. The minimum absolute atomic E-state index is 0.344. The Balaban J connectivity index is 1.56. The van der Waals surface area contributed by atoms with E-state index in [2.05, 4.69) is 12.2 Å². The lowest BCUT2D eigenvalue weighted by atomic mass is 9.83. The fourth-order valence-corrected chi connectivity index (χ4v) is 2.97. The van der Waals surface area contributed by atoms with Crippen LogP contribution in [0, 0.1) is 11.8 Å². The van der Waals surface area contributed by atoms with Crippen molar-refractivity contribution in [2.45, 2.75) is 64.0 Å². The zero-order valence-corrected chi connectivity index (χ0v) is 11.7. The normalized spacial score (nSPS) is 30.3. The molecule has 3 nitrogen and oxygen atoms in total. The van der Waals surface area contributed by atoms with E-state index in [1.165, 1.54) is 44.9 Å². The van der Waals surface area contributed by atoms with Gasteiger partial charge in [-0.2, -0.15) is 0 Å². The summed E-state index contributed by atoms with van der Waals surface area (Å²) < 4.78 is 5.52. The molecule has 0 aromatic rings.